The number of nitrogens with zero attached hydrogens (tertiary/aromatic N) is 4. The molecule has 7 nitrogen and oxygen atoms in total. The monoisotopic (exact) mass is 438 g/mol. The normalized spacial score (nSPS) is 22.8. The van der Waals surface area contributed by atoms with Crippen LogP contribution in [-0.2, 0) is 17.8 Å². The summed E-state index contributed by atoms with van der Waals surface area (Å²) in [5, 5.41) is 2.09. The van der Waals surface area contributed by atoms with Gasteiger partial charge in [-0.2, -0.15) is 0 Å². The lowest BCUT2D eigenvalue weighted by molar-refractivity contribution is -0.137. The first-order valence-corrected chi connectivity index (χ1v) is 11.6. The van der Waals surface area contributed by atoms with Crippen LogP contribution in [0.1, 0.15) is 35.3 Å². The first kappa shape index (κ1) is 20.2. The van der Waals surface area contributed by atoms with E-state index in [0.717, 1.165) is 49.4 Å². The minimum Gasteiger partial charge on any atom is -0.472 e. The van der Waals surface area contributed by atoms with Crippen molar-refractivity contribution < 1.29 is 9.21 Å². The van der Waals surface area contributed by atoms with Gasteiger partial charge in [0.1, 0.15) is 6.04 Å². The van der Waals surface area contributed by atoms with E-state index in [4.69, 9.17) is 4.42 Å². The third-order valence-corrected chi connectivity index (χ3v) is 7.15. The molecular weight excluding hydrogens is 412 g/mol. The SMILES string of the molecule is CN(Cc1ccoc1)C(=O)[C@H]1[C@H]2C[C@H](CN(CCc3cscn3)C2)c2cccc(=O)n21. The molecule has 3 aromatic heterocycles. The average molecular weight is 439 g/mol. The molecule has 1 amide bonds. The fourth-order valence-electron chi connectivity index (χ4n) is 5.12. The number of hydrogen-bond donors (Lipinski definition) is 0. The molecule has 8 heteroatoms. The molecule has 31 heavy (non-hydrogen) atoms. The molecule has 0 N–H and O–H groups in total. The zero-order chi connectivity index (χ0) is 21.4. The van der Waals surface area contributed by atoms with Gasteiger partial charge in [0.2, 0.25) is 5.91 Å². The van der Waals surface area contributed by atoms with Crippen molar-refractivity contribution in [2.75, 3.05) is 26.7 Å². The highest BCUT2D eigenvalue weighted by Crippen LogP contribution is 2.41. The maximum absolute atomic E-state index is 13.6. The van der Waals surface area contributed by atoms with Crippen molar-refractivity contribution in [2.45, 2.75) is 31.3 Å². The molecule has 5 heterocycles. The van der Waals surface area contributed by atoms with Crippen molar-refractivity contribution in [3.05, 3.63) is 75.0 Å². The van der Waals surface area contributed by atoms with Gasteiger partial charge in [0, 0.05) is 74.2 Å². The second-order valence-corrected chi connectivity index (χ2v) is 9.33. The van der Waals surface area contributed by atoms with Gasteiger partial charge in [-0.05, 0) is 18.6 Å². The minimum atomic E-state index is -0.473. The second-order valence-electron chi connectivity index (χ2n) is 8.61. The molecule has 0 aliphatic carbocycles. The summed E-state index contributed by atoms with van der Waals surface area (Å²) in [5.74, 6) is 0.368. The maximum atomic E-state index is 13.6. The molecule has 1 saturated heterocycles. The van der Waals surface area contributed by atoms with Crippen molar-refractivity contribution in [1.82, 2.24) is 19.4 Å². The van der Waals surface area contributed by atoms with Gasteiger partial charge in [0.05, 0.1) is 23.7 Å². The molecule has 3 aromatic rings. The molecule has 2 aliphatic heterocycles. The number of pyridine rings is 1. The zero-order valence-corrected chi connectivity index (χ0v) is 18.3. The van der Waals surface area contributed by atoms with E-state index in [1.165, 1.54) is 0 Å². The van der Waals surface area contributed by atoms with Crippen LogP contribution in [0.2, 0.25) is 0 Å². The van der Waals surface area contributed by atoms with Crippen LogP contribution in [0.5, 0.6) is 0 Å². The van der Waals surface area contributed by atoms with Crippen LogP contribution in [0, 0.1) is 5.92 Å². The van der Waals surface area contributed by atoms with Gasteiger partial charge in [0.25, 0.3) is 5.56 Å². The standard InChI is InChI=1S/C23H26N4O3S/c1-25(10-16-6-8-30-13-16)23(29)22-18-9-17(20-3-2-4-21(28)27(20)22)11-26(12-18)7-5-19-14-31-15-24-19/h2-4,6,8,13-15,17-18,22H,5,7,9-12H2,1H3/t17-,18+,22-/m1/s1. The summed E-state index contributed by atoms with van der Waals surface area (Å²) in [6.45, 7) is 3.11. The molecule has 5 rings (SSSR count). The molecule has 3 atom stereocenters. The fraction of sp³-hybridized carbons (Fsp3) is 0.435. The number of likely N-dealkylation sites (N-methyl/N-ethyl adjacent to an activating group) is 1. The Morgan fingerprint density at radius 3 is 3.00 bits per heavy atom. The lowest BCUT2D eigenvalue weighted by Gasteiger charge is -2.47. The first-order valence-electron chi connectivity index (χ1n) is 10.7. The molecule has 0 saturated carbocycles. The van der Waals surface area contributed by atoms with E-state index < -0.39 is 6.04 Å². The van der Waals surface area contributed by atoms with Gasteiger partial charge in [-0.25, -0.2) is 4.98 Å². The maximum Gasteiger partial charge on any atom is 0.251 e. The summed E-state index contributed by atoms with van der Waals surface area (Å²) in [5.41, 5.74) is 4.83. The van der Waals surface area contributed by atoms with Crippen LogP contribution in [0.15, 0.2) is 56.9 Å². The molecule has 0 spiro atoms. The Morgan fingerprint density at radius 2 is 2.23 bits per heavy atom. The highest BCUT2D eigenvalue weighted by molar-refractivity contribution is 7.07. The van der Waals surface area contributed by atoms with Crippen molar-refractivity contribution in [1.29, 1.82) is 0 Å². The summed E-state index contributed by atoms with van der Waals surface area (Å²) < 4.78 is 6.92. The Bertz CT molecular complexity index is 1090. The number of likely N-dealkylation sites (tertiary alicyclic amines) is 1. The van der Waals surface area contributed by atoms with Gasteiger partial charge in [0.15, 0.2) is 0 Å². The Hall–Kier alpha value is -2.71. The van der Waals surface area contributed by atoms with Crippen molar-refractivity contribution in [3.8, 4) is 0 Å². The number of thiazole rings is 1. The fourth-order valence-corrected chi connectivity index (χ4v) is 5.71. The van der Waals surface area contributed by atoms with Crippen LogP contribution < -0.4 is 5.56 Å². The predicted molar refractivity (Wildman–Crippen MR) is 118 cm³/mol. The van der Waals surface area contributed by atoms with Crippen LogP contribution in [0.3, 0.4) is 0 Å². The lowest BCUT2D eigenvalue weighted by atomic mass is 9.78. The highest BCUT2D eigenvalue weighted by Gasteiger charge is 2.44. The minimum absolute atomic E-state index is 0.0134. The molecule has 0 radical (unpaired) electrons. The first-order chi connectivity index (χ1) is 15.1. The largest absolute Gasteiger partial charge is 0.472 e. The van der Waals surface area contributed by atoms with Crippen molar-refractivity contribution >= 4 is 17.2 Å². The second kappa shape index (κ2) is 8.43. The summed E-state index contributed by atoms with van der Waals surface area (Å²) in [4.78, 5) is 35.0. The van der Waals surface area contributed by atoms with Gasteiger partial charge in [-0.15, -0.1) is 11.3 Å². The van der Waals surface area contributed by atoms with E-state index in [9.17, 15) is 9.59 Å². The van der Waals surface area contributed by atoms with Crippen molar-refractivity contribution in [2.24, 2.45) is 5.92 Å². The molecule has 0 aromatic carbocycles. The number of hydrogen-bond acceptors (Lipinski definition) is 6. The number of piperidine rings is 1. The van der Waals surface area contributed by atoms with Gasteiger partial charge >= 0.3 is 0 Å². The van der Waals surface area contributed by atoms with Gasteiger partial charge in [-0.1, -0.05) is 6.07 Å². The van der Waals surface area contributed by atoms with E-state index >= 15 is 0 Å². The molecule has 0 unspecified atom stereocenters. The Labute approximate surface area is 184 Å². The Morgan fingerprint density at radius 1 is 1.32 bits per heavy atom. The van der Waals surface area contributed by atoms with Crippen molar-refractivity contribution in [3.63, 3.8) is 0 Å². The van der Waals surface area contributed by atoms with E-state index in [2.05, 4.69) is 15.3 Å². The molecule has 2 aliphatic rings. The zero-order valence-electron chi connectivity index (χ0n) is 17.5. The number of fused-ring (bicyclic) bond motifs is 4. The summed E-state index contributed by atoms with van der Waals surface area (Å²) in [7, 11) is 1.80. The number of amides is 1. The van der Waals surface area contributed by atoms with Crippen LogP contribution in [-0.4, -0.2) is 51.9 Å². The number of furan rings is 1. The van der Waals surface area contributed by atoms with Crippen LogP contribution in [0.25, 0.3) is 0 Å². The summed E-state index contributed by atoms with van der Waals surface area (Å²) >= 11 is 1.62. The predicted octanol–water partition coefficient (Wildman–Crippen LogP) is 2.76. The Balaban J connectivity index is 1.42. The highest BCUT2D eigenvalue weighted by atomic mass is 32.1. The average Bonchev–Trinajstić information content (AvgIpc) is 3.47. The molecular formula is C23H26N4O3S. The molecule has 162 valence electrons. The third-order valence-electron chi connectivity index (χ3n) is 6.52. The van der Waals surface area contributed by atoms with E-state index in [0.29, 0.717) is 6.54 Å². The van der Waals surface area contributed by atoms with Gasteiger partial charge < -0.3 is 14.2 Å². The van der Waals surface area contributed by atoms with Gasteiger partial charge in [-0.3, -0.25) is 14.2 Å². The third kappa shape index (κ3) is 3.97. The topological polar surface area (TPSA) is 71.6 Å². The van der Waals surface area contributed by atoms with E-state index in [1.54, 1.807) is 46.4 Å². The number of rotatable bonds is 6. The van der Waals surface area contributed by atoms with E-state index in [-0.39, 0.29) is 23.3 Å². The van der Waals surface area contributed by atoms with Crippen LogP contribution >= 0.6 is 11.3 Å². The summed E-state index contributed by atoms with van der Waals surface area (Å²) in [6, 6.07) is 6.80. The Kier molecular flexibility index (Phi) is 5.50. The lowest BCUT2D eigenvalue weighted by Crippen LogP contribution is -2.53. The number of carbonyl (C=O) groups excluding carboxylic acids is 1. The smallest absolute Gasteiger partial charge is 0.251 e. The summed E-state index contributed by atoms with van der Waals surface area (Å²) in [6.07, 6.45) is 5.11. The molecule has 2 bridgehead atoms. The number of aromatic nitrogens is 2. The van der Waals surface area contributed by atoms with E-state index in [1.807, 2.05) is 23.7 Å². The van der Waals surface area contributed by atoms with Crippen LogP contribution in [0.4, 0.5) is 0 Å². The quantitative estimate of drug-likeness (QED) is 0.592. The number of carbonyl (C=O) groups is 1. The molecule has 1 fully saturated rings.